The lowest BCUT2D eigenvalue weighted by atomic mass is 9.89. The van der Waals surface area contributed by atoms with Crippen LogP contribution >= 0.6 is 0 Å². The molecule has 0 aromatic carbocycles. The molecule has 2 aliphatic rings. The van der Waals surface area contributed by atoms with E-state index in [-0.39, 0.29) is 24.8 Å². The fourth-order valence-corrected chi connectivity index (χ4v) is 3.50. The number of piperidine rings is 1. The molecule has 0 radical (unpaired) electrons. The molecule has 4 heterocycles. The van der Waals surface area contributed by atoms with E-state index in [0.29, 0.717) is 49.9 Å². The molecule has 0 saturated carbocycles. The van der Waals surface area contributed by atoms with Crippen molar-refractivity contribution in [3.8, 4) is 0 Å². The van der Waals surface area contributed by atoms with Crippen molar-refractivity contribution in [2.45, 2.75) is 31.8 Å². The van der Waals surface area contributed by atoms with E-state index in [9.17, 15) is 9.59 Å². The van der Waals surface area contributed by atoms with Crippen LogP contribution in [0, 0.1) is 6.92 Å². The van der Waals surface area contributed by atoms with Crippen LogP contribution in [0.2, 0.25) is 0 Å². The molecule has 2 aromatic rings. The van der Waals surface area contributed by atoms with Crippen LogP contribution in [-0.4, -0.2) is 68.7 Å². The quantitative estimate of drug-likeness (QED) is 0.747. The summed E-state index contributed by atoms with van der Waals surface area (Å²) in [5, 5.41) is 3.70. The summed E-state index contributed by atoms with van der Waals surface area (Å²) >= 11 is 0. The standard InChI is InChI=1S/C17H20N6O4/c1-12-20-14(27-21-12)6-15(24)22-4-2-17(3-5-22)10-23(16(25)9-26-17)13-7-18-11-19-8-13/h7-8,11H,2-6,9-10H2,1H3. The minimum Gasteiger partial charge on any atom is -0.363 e. The van der Waals surface area contributed by atoms with Crippen LogP contribution in [0.15, 0.2) is 23.2 Å². The molecule has 1 spiro atoms. The molecule has 2 fully saturated rings. The first-order chi connectivity index (χ1) is 13.0. The Kier molecular flexibility index (Phi) is 4.56. The summed E-state index contributed by atoms with van der Waals surface area (Å²) in [7, 11) is 0. The van der Waals surface area contributed by atoms with Crippen molar-refractivity contribution in [1.29, 1.82) is 0 Å². The second-order valence-corrected chi connectivity index (χ2v) is 6.84. The third kappa shape index (κ3) is 3.65. The lowest BCUT2D eigenvalue weighted by Crippen LogP contribution is -2.59. The second-order valence-electron chi connectivity index (χ2n) is 6.84. The second kappa shape index (κ2) is 7.03. The van der Waals surface area contributed by atoms with Crippen LogP contribution in [0.5, 0.6) is 0 Å². The van der Waals surface area contributed by atoms with Gasteiger partial charge >= 0.3 is 0 Å². The molecular weight excluding hydrogens is 352 g/mol. The Labute approximate surface area is 155 Å². The van der Waals surface area contributed by atoms with Crippen molar-refractivity contribution in [1.82, 2.24) is 25.0 Å². The molecule has 142 valence electrons. The SMILES string of the molecule is Cc1noc(CC(=O)N2CCC3(CC2)CN(c2cncnc2)C(=O)CO3)n1. The number of morpholine rings is 1. The number of amides is 2. The lowest BCUT2D eigenvalue weighted by Gasteiger charge is -2.46. The maximum Gasteiger partial charge on any atom is 0.253 e. The lowest BCUT2D eigenvalue weighted by molar-refractivity contribution is -0.150. The van der Waals surface area contributed by atoms with Gasteiger partial charge in [-0.3, -0.25) is 9.59 Å². The van der Waals surface area contributed by atoms with Gasteiger partial charge in [0.05, 0.1) is 30.2 Å². The molecule has 10 nitrogen and oxygen atoms in total. The summed E-state index contributed by atoms with van der Waals surface area (Å²) in [5.74, 6) is 0.683. The molecule has 2 saturated heterocycles. The van der Waals surface area contributed by atoms with Crippen molar-refractivity contribution in [2.75, 3.05) is 31.1 Å². The molecule has 2 aliphatic heterocycles. The molecule has 0 N–H and O–H groups in total. The number of aryl methyl sites for hydroxylation is 1. The zero-order chi connectivity index (χ0) is 18.9. The maximum atomic E-state index is 12.5. The van der Waals surface area contributed by atoms with Crippen LogP contribution < -0.4 is 4.90 Å². The Balaban J connectivity index is 1.39. The number of hydrogen-bond donors (Lipinski definition) is 0. The van der Waals surface area contributed by atoms with E-state index >= 15 is 0 Å². The van der Waals surface area contributed by atoms with Crippen molar-refractivity contribution < 1.29 is 18.8 Å². The van der Waals surface area contributed by atoms with Gasteiger partial charge in [-0.1, -0.05) is 5.16 Å². The first-order valence-corrected chi connectivity index (χ1v) is 8.81. The highest BCUT2D eigenvalue weighted by atomic mass is 16.5. The van der Waals surface area contributed by atoms with Gasteiger partial charge in [-0.25, -0.2) is 9.97 Å². The minimum absolute atomic E-state index is 0.0180. The number of aromatic nitrogens is 4. The van der Waals surface area contributed by atoms with Gasteiger partial charge in [-0.15, -0.1) is 0 Å². The highest BCUT2D eigenvalue weighted by Gasteiger charge is 2.43. The number of rotatable bonds is 3. The Morgan fingerprint density at radius 2 is 2.00 bits per heavy atom. The Bertz CT molecular complexity index is 831. The topological polar surface area (TPSA) is 115 Å². The number of likely N-dealkylation sites (tertiary alicyclic amines) is 1. The Hall–Kier alpha value is -2.88. The van der Waals surface area contributed by atoms with Crippen LogP contribution in [0.25, 0.3) is 0 Å². The molecule has 0 atom stereocenters. The Morgan fingerprint density at radius 3 is 2.67 bits per heavy atom. The zero-order valence-corrected chi connectivity index (χ0v) is 15.0. The van der Waals surface area contributed by atoms with Crippen molar-refractivity contribution in [3.63, 3.8) is 0 Å². The van der Waals surface area contributed by atoms with Gasteiger partial charge in [-0.2, -0.15) is 4.98 Å². The van der Waals surface area contributed by atoms with Crippen molar-refractivity contribution in [2.24, 2.45) is 0 Å². The van der Waals surface area contributed by atoms with E-state index in [4.69, 9.17) is 9.26 Å². The highest BCUT2D eigenvalue weighted by molar-refractivity contribution is 5.94. The summed E-state index contributed by atoms with van der Waals surface area (Å²) in [6.45, 7) is 3.28. The van der Waals surface area contributed by atoms with Gasteiger partial charge < -0.3 is 19.1 Å². The van der Waals surface area contributed by atoms with E-state index in [2.05, 4.69) is 20.1 Å². The predicted octanol–water partition coefficient (Wildman–Crippen LogP) is 0.135. The first kappa shape index (κ1) is 17.5. The van der Waals surface area contributed by atoms with Gasteiger partial charge in [0.1, 0.15) is 19.4 Å². The molecule has 0 bridgehead atoms. The van der Waals surface area contributed by atoms with E-state index in [1.165, 1.54) is 6.33 Å². The van der Waals surface area contributed by atoms with Gasteiger partial charge in [-0.05, 0) is 19.8 Å². The van der Waals surface area contributed by atoms with E-state index in [0.717, 1.165) is 0 Å². The van der Waals surface area contributed by atoms with E-state index < -0.39 is 5.60 Å². The first-order valence-electron chi connectivity index (χ1n) is 8.81. The highest BCUT2D eigenvalue weighted by Crippen LogP contribution is 2.32. The van der Waals surface area contributed by atoms with E-state index in [1.807, 2.05) is 0 Å². The summed E-state index contributed by atoms with van der Waals surface area (Å²) in [6, 6.07) is 0. The molecule has 10 heteroatoms. The molecule has 0 unspecified atom stereocenters. The average Bonchev–Trinajstić information content (AvgIpc) is 3.10. The van der Waals surface area contributed by atoms with Crippen molar-refractivity contribution >= 4 is 17.5 Å². The minimum atomic E-state index is -0.457. The molecule has 2 aromatic heterocycles. The number of carbonyl (C=O) groups excluding carboxylic acids is 2. The fourth-order valence-electron chi connectivity index (χ4n) is 3.50. The van der Waals surface area contributed by atoms with Crippen LogP contribution in [0.4, 0.5) is 5.69 Å². The van der Waals surface area contributed by atoms with Crippen LogP contribution in [0.1, 0.15) is 24.6 Å². The van der Waals surface area contributed by atoms with Gasteiger partial charge in [0.2, 0.25) is 11.8 Å². The monoisotopic (exact) mass is 372 g/mol. The van der Waals surface area contributed by atoms with Gasteiger partial charge in [0, 0.05) is 13.1 Å². The molecule has 4 rings (SSSR count). The van der Waals surface area contributed by atoms with Gasteiger partial charge in [0.15, 0.2) is 5.82 Å². The average molecular weight is 372 g/mol. The summed E-state index contributed by atoms with van der Waals surface area (Å²) in [4.78, 5) is 40.2. The number of hydrogen-bond acceptors (Lipinski definition) is 8. The summed E-state index contributed by atoms with van der Waals surface area (Å²) in [6.07, 6.45) is 6.07. The third-order valence-corrected chi connectivity index (χ3v) is 5.01. The largest absolute Gasteiger partial charge is 0.363 e. The maximum absolute atomic E-state index is 12.5. The van der Waals surface area contributed by atoms with Crippen LogP contribution in [0.3, 0.4) is 0 Å². The number of anilines is 1. The van der Waals surface area contributed by atoms with Gasteiger partial charge in [0.25, 0.3) is 5.91 Å². The molecule has 27 heavy (non-hydrogen) atoms. The smallest absolute Gasteiger partial charge is 0.253 e. The summed E-state index contributed by atoms with van der Waals surface area (Å²) < 4.78 is 10.9. The van der Waals surface area contributed by atoms with Crippen LogP contribution in [-0.2, 0) is 20.7 Å². The molecular formula is C17H20N6O4. The Morgan fingerprint density at radius 1 is 1.26 bits per heavy atom. The van der Waals surface area contributed by atoms with Crippen molar-refractivity contribution in [3.05, 3.63) is 30.4 Å². The molecule has 2 amide bonds. The molecule has 0 aliphatic carbocycles. The number of nitrogens with zero attached hydrogens (tertiary/aromatic N) is 6. The number of ether oxygens (including phenoxy) is 1. The van der Waals surface area contributed by atoms with E-state index in [1.54, 1.807) is 29.1 Å². The fraction of sp³-hybridized carbons (Fsp3) is 0.529. The third-order valence-electron chi connectivity index (χ3n) is 5.01. The number of carbonyl (C=O) groups is 2. The zero-order valence-electron chi connectivity index (χ0n) is 15.0. The predicted molar refractivity (Wildman–Crippen MR) is 91.6 cm³/mol. The normalized spacial score (nSPS) is 19.5. The summed E-state index contributed by atoms with van der Waals surface area (Å²) in [5.41, 5.74) is 0.206.